The number of hydrazone groups is 1. The molecule has 4 rings (SSSR count). The minimum Gasteiger partial charge on any atom is -0.507 e. The molecule has 2 aromatic heterocycles. The van der Waals surface area contributed by atoms with Crippen molar-refractivity contribution in [1.29, 1.82) is 0 Å². The number of aromatic hydroxyl groups is 1. The third-order valence-electron chi connectivity index (χ3n) is 4.78. The number of phenolic OH excluding ortho intramolecular Hbond substituents is 1. The molecule has 4 aromatic rings. The summed E-state index contributed by atoms with van der Waals surface area (Å²) in [6.45, 7) is 0. The molecule has 0 radical (unpaired) electrons. The number of nitrogens with one attached hydrogen (secondary N) is 1. The summed E-state index contributed by atoms with van der Waals surface area (Å²) in [7, 11) is 4.63. The Balaban J connectivity index is 1.72. The largest absolute Gasteiger partial charge is 0.507 e. The summed E-state index contributed by atoms with van der Waals surface area (Å²) >= 11 is 0. The first-order valence-corrected chi connectivity index (χ1v) is 8.52. The lowest BCUT2D eigenvalue weighted by atomic mass is 10.1. The SMILES string of the molecule is Cn1c(=O)c2c(nc(NN=Cc3ccc4ccccc4c3O)n2C)n(C)c1=O. The molecule has 0 aliphatic carbocycles. The fraction of sp³-hybridized carbons (Fsp3) is 0.158. The van der Waals surface area contributed by atoms with E-state index in [1.807, 2.05) is 30.3 Å². The lowest BCUT2D eigenvalue weighted by Gasteiger charge is -2.04. The average Bonchev–Trinajstić information content (AvgIpc) is 3.03. The molecule has 2 N–H and O–H groups in total. The Morgan fingerprint density at radius 2 is 1.79 bits per heavy atom. The van der Waals surface area contributed by atoms with Crippen molar-refractivity contribution in [3.05, 3.63) is 62.8 Å². The van der Waals surface area contributed by atoms with E-state index < -0.39 is 11.2 Å². The molecule has 2 heterocycles. The fourth-order valence-electron chi connectivity index (χ4n) is 3.15. The van der Waals surface area contributed by atoms with E-state index in [1.54, 1.807) is 20.2 Å². The summed E-state index contributed by atoms with van der Waals surface area (Å²) in [5.41, 5.74) is 2.97. The molecule has 0 atom stereocenters. The van der Waals surface area contributed by atoms with Crippen LogP contribution in [-0.2, 0) is 21.1 Å². The molecule has 0 fully saturated rings. The molecular weight excluding hydrogens is 360 g/mol. The van der Waals surface area contributed by atoms with Gasteiger partial charge >= 0.3 is 5.69 Å². The van der Waals surface area contributed by atoms with E-state index in [-0.39, 0.29) is 16.9 Å². The van der Waals surface area contributed by atoms with Crippen LogP contribution in [0, 0.1) is 0 Å². The first-order valence-electron chi connectivity index (χ1n) is 8.52. The fourth-order valence-corrected chi connectivity index (χ4v) is 3.15. The number of fused-ring (bicyclic) bond motifs is 2. The van der Waals surface area contributed by atoms with E-state index in [0.29, 0.717) is 11.5 Å². The summed E-state index contributed by atoms with van der Waals surface area (Å²) in [5.74, 6) is 0.426. The van der Waals surface area contributed by atoms with Gasteiger partial charge in [0, 0.05) is 32.1 Å². The van der Waals surface area contributed by atoms with E-state index in [1.165, 1.54) is 22.4 Å². The summed E-state index contributed by atoms with van der Waals surface area (Å²) in [5, 5.41) is 16.2. The average molecular weight is 378 g/mol. The van der Waals surface area contributed by atoms with Gasteiger partial charge in [-0.05, 0) is 11.5 Å². The molecule has 28 heavy (non-hydrogen) atoms. The number of benzene rings is 2. The minimum absolute atomic E-state index is 0.130. The third kappa shape index (κ3) is 2.56. The van der Waals surface area contributed by atoms with Crippen LogP contribution in [0.1, 0.15) is 5.56 Å². The lowest BCUT2D eigenvalue weighted by Crippen LogP contribution is -2.37. The predicted octanol–water partition coefficient (Wildman–Crippen LogP) is 1.28. The Morgan fingerprint density at radius 3 is 2.57 bits per heavy atom. The van der Waals surface area contributed by atoms with Crippen LogP contribution < -0.4 is 16.7 Å². The van der Waals surface area contributed by atoms with E-state index >= 15 is 0 Å². The second-order valence-corrected chi connectivity index (χ2v) is 6.47. The molecule has 9 nitrogen and oxygen atoms in total. The predicted molar refractivity (Wildman–Crippen MR) is 108 cm³/mol. The van der Waals surface area contributed by atoms with Crippen LogP contribution in [0.3, 0.4) is 0 Å². The first kappa shape index (κ1) is 17.5. The summed E-state index contributed by atoms with van der Waals surface area (Å²) in [4.78, 5) is 28.8. The van der Waals surface area contributed by atoms with E-state index in [4.69, 9.17) is 0 Å². The van der Waals surface area contributed by atoms with Crippen molar-refractivity contribution in [3.8, 4) is 5.75 Å². The van der Waals surface area contributed by atoms with Crippen molar-refractivity contribution < 1.29 is 5.11 Å². The van der Waals surface area contributed by atoms with Crippen LogP contribution in [0.25, 0.3) is 21.9 Å². The molecule has 0 aliphatic rings. The quantitative estimate of drug-likeness (QED) is 0.413. The molecule has 0 saturated heterocycles. The van der Waals surface area contributed by atoms with Crippen molar-refractivity contribution in [2.75, 3.05) is 5.43 Å². The van der Waals surface area contributed by atoms with Gasteiger partial charge in [0.2, 0.25) is 5.95 Å². The van der Waals surface area contributed by atoms with Crippen molar-refractivity contribution in [2.45, 2.75) is 0 Å². The zero-order valence-electron chi connectivity index (χ0n) is 15.5. The maximum absolute atomic E-state index is 12.4. The zero-order chi connectivity index (χ0) is 20.0. The maximum Gasteiger partial charge on any atom is 0.332 e. The lowest BCUT2D eigenvalue weighted by molar-refractivity contribution is 0.481. The van der Waals surface area contributed by atoms with Gasteiger partial charge in [0.05, 0.1) is 6.21 Å². The van der Waals surface area contributed by atoms with Crippen molar-refractivity contribution in [1.82, 2.24) is 18.7 Å². The van der Waals surface area contributed by atoms with Crippen molar-refractivity contribution in [3.63, 3.8) is 0 Å². The summed E-state index contributed by atoms with van der Waals surface area (Å²) < 4.78 is 3.87. The molecular formula is C19H18N6O3. The second kappa shape index (κ2) is 6.38. The van der Waals surface area contributed by atoms with Crippen LogP contribution in [0.2, 0.25) is 0 Å². The topological polar surface area (TPSA) is 106 Å². The molecule has 0 unspecified atom stereocenters. The van der Waals surface area contributed by atoms with Gasteiger partial charge in [-0.15, -0.1) is 0 Å². The van der Waals surface area contributed by atoms with Gasteiger partial charge in [0.25, 0.3) is 5.56 Å². The first-order chi connectivity index (χ1) is 13.4. The van der Waals surface area contributed by atoms with E-state index in [2.05, 4.69) is 15.5 Å². The van der Waals surface area contributed by atoms with Gasteiger partial charge in [0.1, 0.15) is 5.75 Å². The van der Waals surface area contributed by atoms with E-state index in [9.17, 15) is 14.7 Å². The Bertz CT molecular complexity index is 1380. The van der Waals surface area contributed by atoms with Crippen LogP contribution >= 0.6 is 0 Å². The third-order valence-corrected chi connectivity index (χ3v) is 4.78. The number of rotatable bonds is 3. The zero-order valence-corrected chi connectivity index (χ0v) is 15.5. The highest BCUT2D eigenvalue weighted by molar-refractivity contribution is 5.97. The Kier molecular flexibility index (Phi) is 3.99. The Labute approximate surface area is 158 Å². The minimum atomic E-state index is -0.452. The number of aromatic nitrogens is 4. The van der Waals surface area contributed by atoms with E-state index in [0.717, 1.165) is 15.3 Å². The van der Waals surface area contributed by atoms with Gasteiger partial charge in [-0.3, -0.25) is 13.9 Å². The maximum atomic E-state index is 12.4. The van der Waals surface area contributed by atoms with Crippen molar-refractivity contribution in [2.24, 2.45) is 26.2 Å². The highest BCUT2D eigenvalue weighted by atomic mass is 16.3. The van der Waals surface area contributed by atoms with Crippen LogP contribution in [-0.4, -0.2) is 30.0 Å². The van der Waals surface area contributed by atoms with Gasteiger partial charge in [0.15, 0.2) is 11.2 Å². The Morgan fingerprint density at radius 1 is 1.04 bits per heavy atom. The second-order valence-electron chi connectivity index (χ2n) is 6.47. The molecule has 0 aliphatic heterocycles. The number of phenols is 1. The molecule has 142 valence electrons. The number of anilines is 1. The molecule has 9 heteroatoms. The summed E-state index contributed by atoms with van der Waals surface area (Å²) in [6.07, 6.45) is 1.47. The highest BCUT2D eigenvalue weighted by Crippen LogP contribution is 2.27. The molecule has 0 saturated carbocycles. The van der Waals surface area contributed by atoms with Crippen molar-refractivity contribution >= 4 is 34.1 Å². The van der Waals surface area contributed by atoms with Gasteiger partial charge in [-0.1, -0.05) is 30.3 Å². The van der Waals surface area contributed by atoms with Gasteiger partial charge < -0.3 is 9.67 Å². The normalized spacial score (nSPS) is 11.7. The monoisotopic (exact) mass is 378 g/mol. The number of hydrogen-bond donors (Lipinski definition) is 2. The molecule has 2 aromatic carbocycles. The highest BCUT2D eigenvalue weighted by Gasteiger charge is 2.16. The molecule has 0 amide bonds. The molecule has 0 bridgehead atoms. The van der Waals surface area contributed by atoms with Crippen LogP contribution in [0.5, 0.6) is 5.75 Å². The molecule has 0 spiro atoms. The summed E-state index contributed by atoms with van der Waals surface area (Å²) in [6, 6.07) is 11.2. The standard InChI is InChI=1S/C19H18N6O3/c1-23-14-16(24(2)19(28)25(3)17(14)27)21-18(23)22-20-10-12-9-8-11-6-4-5-7-13(11)15(12)26/h4-10,26H,1-3H3,(H,21,22). The number of aryl methyl sites for hydroxylation is 2. The van der Waals surface area contributed by atoms with Crippen LogP contribution in [0.4, 0.5) is 5.95 Å². The smallest absolute Gasteiger partial charge is 0.332 e. The Hall–Kier alpha value is -3.88. The number of nitrogens with zero attached hydrogens (tertiary/aromatic N) is 5. The van der Waals surface area contributed by atoms with Gasteiger partial charge in [-0.25, -0.2) is 10.2 Å². The van der Waals surface area contributed by atoms with Crippen LogP contribution in [0.15, 0.2) is 51.1 Å². The van der Waals surface area contributed by atoms with Gasteiger partial charge in [-0.2, -0.15) is 10.1 Å². The number of hydrogen-bond acceptors (Lipinski definition) is 6. The number of imidazole rings is 1.